The van der Waals surface area contributed by atoms with Crippen molar-refractivity contribution >= 4 is 21.8 Å². The zero-order chi connectivity index (χ0) is 14.9. The Morgan fingerprint density at radius 3 is 2.90 bits per heavy atom. The molecule has 1 aromatic rings. The van der Waals surface area contributed by atoms with Crippen molar-refractivity contribution in [2.24, 2.45) is 0 Å². The number of amides is 1. The third kappa shape index (κ3) is 3.19. The van der Waals surface area contributed by atoms with Gasteiger partial charge in [0.2, 0.25) is 0 Å². The number of rotatable bonds is 3. The SMILES string of the molecule is CN(C)CC1CC(O)CN1C(=O)c1cccc(F)c1Br. The van der Waals surface area contributed by atoms with Crippen LogP contribution in [0.15, 0.2) is 22.7 Å². The van der Waals surface area contributed by atoms with E-state index in [0.717, 1.165) is 0 Å². The summed E-state index contributed by atoms with van der Waals surface area (Å²) < 4.78 is 13.7. The number of aliphatic hydroxyl groups is 1. The van der Waals surface area contributed by atoms with E-state index in [-0.39, 0.29) is 16.4 Å². The first-order valence-electron chi connectivity index (χ1n) is 6.48. The second-order valence-corrected chi connectivity index (χ2v) is 6.16. The quantitative estimate of drug-likeness (QED) is 0.907. The van der Waals surface area contributed by atoms with Crippen LogP contribution >= 0.6 is 15.9 Å². The van der Waals surface area contributed by atoms with Crippen molar-refractivity contribution in [2.45, 2.75) is 18.6 Å². The topological polar surface area (TPSA) is 43.8 Å². The number of benzene rings is 1. The molecule has 1 amide bonds. The summed E-state index contributed by atoms with van der Waals surface area (Å²) in [5.41, 5.74) is 0.294. The van der Waals surface area contributed by atoms with Gasteiger partial charge in [-0.05, 0) is 48.6 Å². The van der Waals surface area contributed by atoms with Gasteiger partial charge in [0.1, 0.15) is 5.82 Å². The molecule has 0 saturated carbocycles. The van der Waals surface area contributed by atoms with Gasteiger partial charge >= 0.3 is 0 Å². The summed E-state index contributed by atoms with van der Waals surface area (Å²) in [6.07, 6.45) is 0.0351. The molecule has 2 unspecified atom stereocenters. The number of halogens is 2. The highest BCUT2D eigenvalue weighted by Gasteiger charge is 2.35. The molecule has 1 aromatic carbocycles. The molecular weight excluding hydrogens is 327 g/mol. The molecule has 2 rings (SSSR count). The fourth-order valence-corrected chi connectivity index (χ4v) is 2.99. The molecule has 0 aliphatic carbocycles. The van der Waals surface area contributed by atoms with E-state index in [9.17, 15) is 14.3 Å². The Morgan fingerprint density at radius 2 is 2.25 bits per heavy atom. The van der Waals surface area contributed by atoms with E-state index >= 15 is 0 Å². The fourth-order valence-electron chi connectivity index (χ4n) is 2.56. The largest absolute Gasteiger partial charge is 0.391 e. The first kappa shape index (κ1) is 15.4. The predicted octanol–water partition coefficient (Wildman–Crippen LogP) is 1.73. The summed E-state index contributed by atoms with van der Waals surface area (Å²) in [6, 6.07) is 4.35. The van der Waals surface area contributed by atoms with Crippen molar-refractivity contribution in [2.75, 3.05) is 27.2 Å². The summed E-state index contributed by atoms with van der Waals surface area (Å²) in [7, 11) is 3.84. The van der Waals surface area contributed by atoms with E-state index in [4.69, 9.17) is 0 Å². The van der Waals surface area contributed by atoms with Crippen LogP contribution in [0.2, 0.25) is 0 Å². The molecule has 1 aliphatic heterocycles. The summed E-state index contributed by atoms with van der Waals surface area (Å²) in [5.74, 6) is -0.709. The van der Waals surface area contributed by atoms with Crippen molar-refractivity contribution in [3.63, 3.8) is 0 Å². The summed E-state index contributed by atoms with van der Waals surface area (Å²) in [6.45, 7) is 0.968. The Hall–Kier alpha value is -0.980. The smallest absolute Gasteiger partial charge is 0.255 e. The van der Waals surface area contributed by atoms with Crippen LogP contribution < -0.4 is 0 Å². The number of aliphatic hydroxyl groups excluding tert-OH is 1. The normalized spacial score (nSPS) is 22.6. The molecule has 6 heteroatoms. The van der Waals surface area contributed by atoms with Crippen molar-refractivity contribution < 1.29 is 14.3 Å². The van der Waals surface area contributed by atoms with Crippen LogP contribution in [0.25, 0.3) is 0 Å². The van der Waals surface area contributed by atoms with Crippen LogP contribution in [0.5, 0.6) is 0 Å². The molecule has 0 bridgehead atoms. The lowest BCUT2D eigenvalue weighted by Gasteiger charge is -2.27. The van der Waals surface area contributed by atoms with Crippen LogP contribution in [0.1, 0.15) is 16.8 Å². The number of nitrogens with zero attached hydrogens (tertiary/aromatic N) is 2. The molecule has 1 saturated heterocycles. The molecule has 20 heavy (non-hydrogen) atoms. The zero-order valence-corrected chi connectivity index (χ0v) is 13.1. The highest BCUT2D eigenvalue weighted by molar-refractivity contribution is 9.10. The van der Waals surface area contributed by atoms with Crippen LogP contribution in [-0.2, 0) is 0 Å². The maximum absolute atomic E-state index is 13.5. The van der Waals surface area contributed by atoms with E-state index < -0.39 is 11.9 Å². The molecule has 1 aliphatic rings. The number of likely N-dealkylation sites (N-methyl/N-ethyl adjacent to an activating group) is 1. The lowest BCUT2D eigenvalue weighted by Crippen LogP contribution is -2.41. The van der Waals surface area contributed by atoms with Gasteiger partial charge in [-0.1, -0.05) is 6.07 Å². The average Bonchev–Trinajstić information content (AvgIpc) is 2.72. The molecule has 4 nitrogen and oxygen atoms in total. The number of hydrogen-bond donors (Lipinski definition) is 1. The maximum Gasteiger partial charge on any atom is 0.255 e. The lowest BCUT2D eigenvalue weighted by molar-refractivity contribution is 0.0697. The molecule has 0 spiro atoms. The molecule has 1 heterocycles. The van der Waals surface area contributed by atoms with Crippen molar-refractivity contribution in [3.8, 4) is 0 Å². The van der Waals surface area contributed by atoms with Crippen molar-refractivity contribution in [3.05, 3.63) is 34.1 Å². The average molecular weight is 345 g/mol. The predicted molar refractivity (Wildman–Crippen MR) is 78.1 cm³/mol. The van der Waals surface area contributed by atoms with Gasteiger partial charge < -0.3 is 14.9 Å². The van der Waals surface area contributed by atoms with Crippen molar-refractivity contribution in [1.82, 2.24) is 9.80 Å². The Bertz CT molecular complexity index is 510. The number of hydrogen-bond acceptors (Lipinski definition) is 3. The van der Waals surface area contributed by atoms with Gasteiger partial charge in [0.15, 0.2) is 0 Å². The summed E-state index contributed by atoms with van der Waals surface area (Å²) in [5, 5.41) is 9.80. The van der Waals surface area contributed by atoms with E-state index in [1.54, 1.807) is 11.0 Å². The van der Waals surface area contributed by atoms with Gasteiger partial charge in [-0.2, -0.15) is 0 Å². The third-order valence-corrected chi connectivity index (χ3v) is 4.22. The molecule has 110 valence electrons. The van der Waals surface area contributed by atoms with Crippen LogP contribution in [0.4, 0.5) is 4.39 Å². The van der Waals surface area contributed by atoms with Crippen molar-refractivity contribution in [1.29, 1.82) is 0 Å². The Labute approximate surface area is 126 Å². The highest BCUT2D eigenvalue weighted by Crippen LogP contribution is 2.26. The molecule has 1 N–H and O–H groups in total. The minimum Gasteiger partial charge on any atom is -0.391 e. The van der Waals surface area contributed by atoms with Gasteiger partial charge in [0, 0.05) is 19.1 Å². The number of carbonyl (C=O) groups is 1. The standard InChI is InChI=1S/C14H18BrFN2O2/c1-17(2)7-9-6-10(19)8-18(9)14(20)11-4-3-5-12(16)13(11)15/h3-5,9-10,19H,6-8H2,1-2H3. The monoisotopic (exact) mass is 344 g/mol. The lowest BCUT2D eigenvalue weighted by atomic mass is 10.1. The number of carbonyl (C=O) groups excluding carboxylic acids is 1. The van der Waals surface area contributed by atoms with E-state index in [2.05, 4.69) is 15.9 Å². The molecular formula is C14H18BrFN2O2. The second kappa shape index (κ2) is 6.20. The van der Waals surface area contributed by atoms with Gasteiger partial charge in [-0.25, -0.2) is 4.39 Å². The molecule has 0 radical (unpaired) electrons. The Balaban J connectivity index is 2.24. The minimum absolute atomic E-state index is 0.0531. The fraction of sp³-hybridized carbons (Fsp3) is 0.500. The van der Waals surface area contributed by atoms with Gasteiger partial charge in [0.05, 0.1) is 16.1 Å². The Kier molecular flexibility index (Phi) is 4.78. The van der Waals surface area contributed by atoms with Crippen LogP contribution in [-0.4, -0.2) is 60.1 Å². The number of likely N-dealkylation sites (tertiary alicyclic amines) is 1. The second-order valence-electron chi connectivity index (χ2n) is 5.36. The summed E-state index contributed by atoms with van der Waals surface area (Å²) in [4.78, 5) is 16.2. The number of β-amino-alcohol motifs (C(OH)–C–C–N with tert-alkyl or cyclic N) is 1. The first-order chi connectivity index (χ1) is 9.40. The van der Waals surface area contributed by atoms with Gasteiger partial charge in [0.25, 0.3) is 5.91 Å². The molecule has 0 aromatic heterocycles. The van der Waals surface area contributed by atoms with E-state index in [1.165, 1.54) is 12.1 Å². The van der Waals surface area contributed by atoms with E-state index in [1.807, 2.05) is 19.0 Å². The zero-order valence-electron chi connectivity index (χ0n) is 11.5. The van der Waals surface area contributed by atoms with Gasteiger partial charge in [-0.15, -0.1) is 0 Å². The summed E-state index contributed by atoms with van der Waals surface area (Å²) >= 11 is 3.12. The molecule has 2 atom stereocenters. The molecule has 1 fully saturated rings. The third-order valence-electron chi connectivity index (χ3n) is 3.41. The van der Waals surface area contributed by atoms with E-state index in [0.29, 0.717) is 25.1 Å². The van der Waals surface area contributed by atoms with Crippen LogP contribution in [0, 0.1) is 5.82 Å². The first-order valence-corrected chi connectivity index (χ1v) is 7.27. The Morgan fingerprint density at radius 1 is 1.55 bits per heavy atom. The van der Waals surface area contributed by atoms with Gasteiger partial charge in [-0.3, -0.25) is 4.79 Å². The minimum atomic E-state index is -0.517. The maximum atomic E-state index is 13.5. The van der Waals surface area contributed by atoms with Crippen LogP contribution in [0.3, 0.4) is 0 Å². The highest BCUT2D eigenvalue weighted by atomic mass is 79.9.